The lowest BCUT2D eigenvalue weighted by Gasteiger charge is -2.15. The van der Waals surface area contributed by atoms with Crippen LogP contribution in [0.4, 0.5) is 0 Å². The van der Waals surface area contributed by atoms with Crippen molar-refractivity contribution in [2.75, 3.05) is 0 Å². The number of carbonyl (C=O) groups is 2. The molecule has 1 aromatic rings. The van der Waals surface area contributed by atoms with Crippen LogP contribution in [-0.4, -0.2) is 33.8 Å². The Balaban J connectivity index is 1.86. The van der Waals surface area contributed by atoms with Crippen LogP contribution in [0.5, 0.6) is 0 Å². The van der Waals surface area contributed by atoms with Crippen molar-refractivity contribution >= 4 is 17.5 Å². The average molecular weight is 263 g/mol. The Labute approximate surface area is 110 Å². The fourth-order valence-electron chi connectivity index (χ4n) is 1.89. The van der Waals surface area contributed by atoms with Gasteiger partial charge in [0.25, 0.3) is 5.91 Å². The lowest BCUT2D eigenvalue weighted by Crippen LogP contribution is -2.41. The lowest BCUT2D eigenvalue weighted by molar-refractivity contribution is -0.121. The molecular formula is C12H17N5O2. The third kappa shape index (κ3) is 3.64. The number of hydrogen-bond acceptors (Lipinski definition) is 4. The van der Waals surface area contributed by atoms with Crippen molar-refractivity contribution < 1.29 is 9.59 Å². The molecule has 1 aromatic heterocycles. The van der Waals surface area contributed by atoms with Gasteiger partial charge in [0.2, 0.25) is 5.91 Å². The van der Waals surface area contributed by atoms with Gasteiger partial charge in [-0.15, -0.1) is 0 Å². The van der Waals surface area contributed by atoms with E-state index in [0.717, 1.165) is 11.4 Å². The molecule has 0 bridgehead atoms. The molecule has 2 amide bonds. The van der Waals surface area contributed by atoms with Gasteiger partial charge in [0, 0.05) is 31.0 Å². The van der Waals surface area contributed by atoms with Crippen LogP contribution < -0.4 is 10.7 Å². The van der Waals surface area contributed by atoms with Crippen molar-refractivity contribution in [3.63, 3.8) is 0 Å². The van der Waals surface area contributed by atoms with E-state index >= 15 is 0 Å². The van der Waals surface area contributed by atoms with E-state index in [1.807, 2.05) is 19.9 Å². The summed E-state index contributed by atoms with van der Waals surface area (Å²) in [7, 11) is 0. The van der Waals surface area contributed by atoms with Crippen LogP contribution in [0.15, 0.2) is 11.2 Å². The number of rotatable bonds is 4. The van der Waals surface area contributed by atoms with Crippen LogP contribution in [0.25, 0.3) is 0 Å². The van der Waals surface area contributed by atoms with Gasteiger partial charge >= 0.3 is 0 Å². The van der Waals surface area contributed by atoms with Crippen molar-refractivity contribution in [1.82, 2.24) is 20.9 Å². The standard InChI is InChI=1S/C12H17N5O2/c1-7(5-9-6-8(2)14-15-9)13-12(19)10-3-4-11(18)17-16-10/h6-7H,3-5H2,1-2H3,(H,13,19)(H,14,15)(H,17,18). The highest BCUT2D eigenvalue weighted by atomic mass is 16.2. The van der Waals surface area contributed by atoms with Crippen LogP contribution in [0, 0.1) is 6.92 Å². The first-order chi connectivity index (χ1) is 9.04. The summed E-state index contributed by atoms with van der Waals surface area (Å²) in [6.07, 6.45) is 1.33. The first-order valence-corrected chi connectivity index (χ1v) is 6.21. The second-order valence-electron chi connectivity index (χ2n) is 4.71. The molecule has 3 N–H and O–H groups in total. The Morgan fingerprint density at radius 3 is 2.89 bits per heavy atom. The summed E-state index contributed by atoms with van der Waals surface area (Å²) in [5, 5.41) is 13.6. The van der Waals surface area contributed by atoms with E-state index in [2.05, 4.69) is 26.0 Å². The molecule has 19 heavy (non-hydrogen) atoms. The topological polar surface area (TPSA) is 99.2 Å². The number of amides is 2. The molecule has 0 saturated heterocycles. The third-order valence-corrected chi connectivity index (χ3v) is 2.82. The van der Waals surface area contributed by atoms with Crippen molar-refractivity contribution in [2.24, 2.45) is 5.10 Å². The molecule has 1 aliphatic heterocycles. The minimum Gasteiger partial charge on any atom is -0.348 e. The molecule has 2 rings (SSSR count). The highest BCUT2D eigenvalue weighted by molar-refractivity contribution is 6.39. The minimum absolute atomic E-state index is 0.0458. The molecule has 7 nitrogen and oxygen atoms in total. The zero-order chi connectivity index (χ0) is 13.8. The van der Waals surface area contributed by atoms with Gasteiger partial charge in [-0.05, 0) is 19.9 Å². The number of hydrogen-bond donors (Lipinski definition) is 3. The number of H-pyrrole nitrogens is 1. The second-order valence-corrected chi connectivity index (χ2v) is 4.71. The Kier molecular flexibility index (Phi) is 3.94. The molecule has 1 aliphatic rings. The van der Waals surface area contributed by atoms with E-state index in [0.29, 0.717) is 25.0 Å². The highest BCUT2D eigenvalue weighted by Gasteiger charge is 2.19. The van der Waals surface area contributed by atoms with Crippen LogP contribution in [0.1, 0.15) is 31.2 Å². The maximum Gasteiger partial charge on any atom is 0.267 e. The second kappa shape index (κ2) is 5.64. The van der Waals surface area contributed by atoms with Gasteiger partial charge in [-0.3, -0.25) is 14.7 Å². The number of hydrazone groups is 1. The van der Waals surface area contributed by atoms with E-state index in [1.165, 1.54) is 0 Å². The summed E-state index contributed by atoms with van der Waals surface area (Å²) in [5.41, 5.74) is 4.58. The third-order valence-electron chi connectivity index (χ3n) is 2.82. The van der Waals surface area contributed by atoms with Crippen LogP contribution in [0.3, 0.4) is 0 Å². The van der Waals surface area contributed by atoms with E-state index in [9.17, 15) is 9.59 Å². The zero-order valence-corrected chi connectivity index (χ0v) is 11.0. The Morgan fingerprint density at radius 1 is 1.53 bits per heavy atom. The fraction of sp³-hybridized carbons (Fsp3) is 0.500. The smallest absolute Gasteiger partial charge is 0.267 e. The van der Waals surface area contributed by atoms with E-state index < -0.39 is 0 Å². The predicted octanol–water partition coefficient (Wildman–Crippen LogP) is 0.0313. The van der Waals surface area contributed by atoms with Crippen molar-refractivity contribution in [3.05, 3.63) is 17.5 Å². The Morgan fingerprint density at radius 2 is 2.32 bits per heavy atom. The first kappa shape index (κ1) is 13.3. The zero-order valence-electron chi connectivity index (χ0n) is 11.0. The van der Waals surface area contributed by atoms with E-state index in [-0.39, 0.29) is 17.9 Å². The molecule has 0 fully saturated rings. The van der Waals surface area contributed by atoms with E-state index in [1.54, 1.807) is 0 Å². The molecule has 1 atom stereocenters. The van der Waals surface area contributed by atoms with Crippen LogP contribution in [0.2, 0.25) is 0 Å². The predicted molar refractivity (Wildman–Crippen MR) is 69.4 cm³/mol. The summed E-state index contributed by atoms with van der Waals surface area (Å²) in [6.45, 7) is 3.84. The first-order valence-electron chi connectivity index (χ1n) is 6.21. The maximum atomic E-state index is 11.9. The molecule has 2 heterocycles. The molecular weight excluding hydrogens is 246 g/mol. The van der Waals surface area contributed by atoms with Crippen LogP contribution >= 0.6 is 0 Å². The molecule has 0 saturated carbocycles. The van der Waals surface area contributed by atoms with Gasteiger partial charge in [-0.25, -0.2) is 5.43 Å². The number of carbonyl (C=O) groups excluding carboxylic acids is 2. The molecule has 102 valence electrons. The molecule has 7 heteroatoms. The average Bonchev–Trinajstić information content (AvgIpc) is 2.75. The summed E-state index contributed by atoms with van der Waals surface area (Å²) < 4.78 is 0. The maximum absolute atomic E-state index is 11.9. The summed E-state index contributed by atoms with van der Waals surface area (Å²) in [5.74, 6) is -0.392. The van der Waals surface area contributed by atoms with Gasteiger partial charge in [0.05, 0.1) is 5.69 Å². The number of aromatic amines is 1. The Bertz CT molecular complexity index is 520. The lowest BCUT2D eigenvalue weighted by atomic mass is 10.1. The summed E-state index contributed by atoms with van der Waals surface area (Å²) in [4.78, 5) is 22.8. The van der Waals surface area contributed by atoms with E-state index in [4.69, 9.17) is 0 Å². The molecule has 1 unspecified atom stereocenters. The van der Waals surface area contributed by atoms with Gasteiger partial charge in [0.15, 0.2) is 0 Å². The number of aryl methyl sites for hydroxylation is 1. The van der Waals surface area contributed by atoms with Crippen molar-refractivity contribution in [2.45, 2.75) is 39.2 Å². The monoisotopic (exact) mass is 263 g/mol. The van der Waals surface area contributed by atoms with Gasteiger partial charge < -0.3 is 5.32 Å². The van der Waals surface area contributed by atoms with Gasteiger partial charge in [-0.2, -0.15) is 10.2 Å². The largest absolute Gasteiger partial charge is 0.348 e. The normalized spacial score (nSPS) is 16.5. The van der Waals surface area contributed by atoms with Gasteiger partial charge in [0.1, 0.15) is 5.71 Å². The van der Waals surface area contributed by atoms with Crippen molar-refractivity contribution in [3.8, 4) is 0 Å². The minimum atomic E-state index is -0.236. The number of aromatic nitrogens is 2. The number of nitrogens with one attached hydrogen (secondary N) is 3. The fourth-order valence-corrected chi connectivity index (χ4v) is 1.89. The quantitative estimate of drug-likeness (QED) is 0.714. The Hall–Kier alpha value is -2.18. The molecule has 0 radical (unpaired) electrons. The molecule has 0 aliphatic carbocycles. The van der Waals surface area contributed by atoms with Crippen LogP contribution in [-0.2, 0) is 16.0 Å². The number of nitrogens with zero attached hydrogens (tertiary/aromatic N) is 2. The van der Waals surface area contributed by atoms with Gasteiger partial charge in [-0.1, -0.05) is 0 Å². The molecule has 0 spiro atoms. The highest BCUT2D eigenvalue weighted by Crippen LogP contribution is 2.03. The summed E-state index contributed by atoms with van der Waals surface area (Å²) in [6, 6.07) is 1.90. The SMILES string of the molecule is Cc1cc(CC(C)NC(=O)C2=NNC(=O)CC2)n[nH]1. The van der Waals surface area contributed by atoms with Crippen molar-refractivity contribution in [1.29, 1.82) is 0 Å². The molecule has 0 aromatic carbocycles. The summed E-state index contributed by atoms with van der Waals surface area (Å²) >= 11 is 0.